The van der Waals surface area contributed by atoms with E-state index < -0.39 is 0 Å². The third kappa shape index (κ3) is 2.79. The van der Waals surface area contributed by atoms with Crippen LogP contribution in [-0.2, 0) is 12.5 Å². The van der Waals surface area contributed by atoms with Crippen LogP contribution in [0.15, 0.2) is 6.07 Å². The molecule has 15 heavy (non-hydrogen) atoms. The normalized spacial score (nSPS) is 14.3. The van der Waals surface area contributed by atoms with Gasteiger partial charge in [-0.25, -0.2) is 0 Å². The van der Waals surface area contributed by atoms with Crippen molar-refractivity contribution in [3.05, 3.63) is 17.5 Å². The number of hydrogen-bond donors (Lipinski definition) is 2. The van der Waals surface area contributed by atoms with Crippen LogP contribution in [0.2, 0.25) is 0 Å². The summed E-state index contributed by atoms with van der Waals surface area (Å²) in [6.07, 6.45) is 0.573. The maximum Gasteiger partial charge on any atom is 0.0681 e. The number of nitrogens with two attached hydrogens (primary N) is 1. The van der Waals surface area contributed by atoms with Gasteiger partial charge in [-0.15, -0.1) is 0 Å². The molecule has 4 nitrogen and oxygen atoms in total. The maximum absolute atomic E-state index is 8.85. The monoisotopic (exact) mass is 211 g/mol. The Kier molecular flexibility index (Phi) is 3.52. The number of hydrogen-bond acceptors (Lipinski definition) is 3. The Morgan fingerprint density at radius 3 is 2.53 bits per heavy atom. The lowest BCUT2D eigenvalue weighted by Crippen LogP contribution is -2.15. The van der Waals surface area contributed by atoms with Crippen LogP contribution in [0.4, 0.5) is 0 Å². The van der Waals surface area contributed by atoms with E-state index in [1.165, 1.54) is 0 Å². The number of nitrogens with zero attached hydrogens (tertiary/aromatic N) is 2. The van der Waals surface area contributed by atoms with Crippen molar-refractivity contribution in [1.29, 1.82) is 0 Å². The standard InChI is InChI=1S/C11H21N3O/c1-11(2,3)10-7-9(14(4)13-10)8(12)5-6-15/h7-8,15H,5-6,12H2,1-4H3. The lowest BCUT2D eigenvalue weighted by molar-refractivity contribution is 0.274. The van der Waals surface area contributed by atoms with Crippen LogP contribution >= 0.6 is 0 Å². The first-order valence-electron chi connectivity index (χ1n) is 5.27. The largest absolute Gasteiger partial charge is 0.396 e. The summed E-state index contributed by atoms with van der Waals surface area (Å²) in [6.45, 7) is 6.47. The molecule has 0 aliphatic heterocycles. The highest BCUT2D eigenvalue weighted by Gasteiger charge is 2.20. The first-order chi connectivity index (χ1) is 6.86. The average Bonchev–Trinajstić information content (AvgIpc) is 2.47. The van der Waals surface area contributed by atoms with Crippen LogP contribution in [0.1, 0.15) is 44.6 Å². The highest BCUT2D eigenvalue weighted by Crippen LogP contribution is 2.24. The minimum atomic E-state index is -0.136. The molecule has 1 unspecified atom stereocenters. The average molecular weight is 211 g/mol. The first-order valence-corrected chi connectivity index (χ1v) is 5.27. The minimum Gasteiger partial charge on any atom is -0.396 e. The third-order valence-electron chi connectivity index (χ3n) is 2.50. The van der Waals surface area contributed by atoms with Gasteiger partial charge in [0.1, 0.15) is 0 Å². The zero-order valence-corrected chi connectivity index (χ0v) is 9.99. The van der Waals surface area contributed by atoms with Gasteiger partial charge in [0.15, 0.2) is 0 Å². The molecule has 0 amide bonds. The van der Waals surface area contributed by atoms with Gasteiger partial charge in [-0.3, -0.25) is 4.68 Å². The Morgan fingerprint density at radius 1 is 1.53 bits per heavy atom. The molecule has 0 aromatic carbocycles. The summed E-state index contributed by atoms with van der Waals surface area (Å²) >= 11 is 0. The summed E-state index contributed by atoms with van der Waals surface area (Å²) in [5.74, 6) is 0. The molecule has 0 radical (unpaired) electrons. The molecule has 1 aromatic heterocycles. The van der Waals surface area contributed by atoms with Gasteiger partial charge in [0.05, 0.1) is 11.4 Å². The summed E-state index contributed by atoms with van der Waals surface area (Å²) in [5, 5.41) is 13.3. The van der Waals surface area contributed by atoms with E-state index in [1.54, 1.807) is 4.68 Å². The van der Waals surface area contributed by atoms with E-state index in [-0.39, 0.29) is 18.1 Å². The molecule has 1 aromatic rings. The number of aliphatic hydroxyl groups excluding tert-OH is 1. The van der Waals surface area contributed by atoms with E-state index in [1.807, 2.05) is 13.1 Å². The predicted molar refractivity (Wildman–Crippen MR) is 60.5 cm³/mol. The summed E-state index contributed by atoms with van der Waals surface area (Å²) in [7, 11) is 1.89. The molecular formula is C11H21N3O. The second-order valence-electron chi connectivity index (χ2n) is 4.95. The number of aromatic nitrogens is 2. The van der Waals surface area contributed by atoms with Gasteiger partial charge in [-0.1, -0.05) is 20.8 Å². The Labute approximate surface area is 91.1 Å². The molecule has 1 atom stereocenters. The molecule has 3 N–H and O–H groups in total. The Bertz CT molecular complexity index is 325. The van der Waals surface area contributed by atoms with Gasteiger partial charge in [-0.2, -0.15) is 5.10 Å². The quantitative estimate of drug-likeness (QED) is 0.787. The van der Waals surface area contributed by atoms with E-state index in [9.17, 15) is 0 Å². The minimum absolute atomic E-state index is 0.0367. The fraction of sp³-hybridized carbons (Fsp3) is 0.727. The molecule has 1 heterocycles. The highest BCUT2D eigenvalue weighted by atomic mass is 16.3. The fourth-order valence-electron chi connectivity index (χ4n) is 1.48. The van der Waals surface area contributed by atoms with Crippen molar-refractivity contribution in [2.24, 2.45) is 12.8 Å². The fourth-order valence-corrected chi connectivity index (χ4v) is 1.48. The van der Waals surface area contributed by atoms with Gasteiger partial charge >= 0.3 is 0 Å². The lowest BCUT2D eigenvalue weighted by Gasteiger charge is -2.13. The molecule has 0 bridgehead atoms. The van der Waals surface area contributed by atoms with E-state index in [0.29, 0.717) is 6.42 Å². The predicted octanol–water partition coefficient (Wildman–Crippen LogP) is 1.10. The molecule has 0 spiro atoms. The number of aryl methyl sites for hydroxylation is 1. The Hall–Kier alpha value is -0.870. The maximum atomic E-state index is 8.85. The van der Waals surface area contributed by atoms with Crippen LogP contribution in [0, 0.1) is 0 Å². The van der Waals surface area contributed by atoms with Crippen molar-refractivity contribution < 1.29 is 5.11 Å². The van der Waals surface area contributed by atoms with Crippen LogP contribution in [0.5, 0.6) is 0 Å². The second-order valence-corrected chi connectivity index (χ2v) is 4.95. The van der Waals surface area contributed by atoms with Crippen molar-refractivity contribution in [3.8, 4) is 0 Å². The first kappa shape index (κ1) is 12.2. The molecule has 86 valence electrons. The van der Waals surface area contributed by atoms with E-state index in [0.717, 1.165) is 11.4 Å². The van der Waals surface area contributed by atoms with Crippen LogP contribution in [-0.4, -0.2) is 21.5 Å². The van der Waals surface area contributed by atoms with Crippen molar-refractivity contribution in [3.63, 3.8) is 0 Å². The Balaban J connectivity index is 2.96. The van der Waals surface area contributed by atoms with E-state index >= 15 is 0 Å². The highest BCUT2D eigenvalue weighted by molar-refractivity contribution is 5.19. The molecule has 0 aliphatic carbocycles. The van der Waals surface area contributed by atoms with Crippen LogP contribution < -0.4 is 5.73 Å². The molecule has 0 saturated carbocycles. The number of aliphatic hydroxyl groups is 1. The molecular weight excluding hydrogens is 190 g/mol. The summed E-state index contributed by atoms with van der Waals surface area (Å²) in [4.78, 5) is 0. The molecule has 0 aliphatic rings. The van der Waals surface area contributed by atoms with Gasteiger partial charge in [-0.05, 0) is 12.5 Å². The van der Waals surface area contributed by atoms with Gasteiger partial charge in [0.2, 0.25) is 0 Å². The van der Waals surface area contributed by atoms with Crippen molar-refractivity contribution in [2.75, 3.05) is 6.61 Å². The van der Waals surface area contributed by atoms with Crippen molar-refractivity contribution in [1.82, 2.24) is 9.78 Å². The summed E-state index contributed by atoms with van der Waals surface area (Å²) in [5.41, 5.74) is 7.99. The number of rotatable bonds is 3. The van der Waals surface area contributed by atoms with Crippen LogP contribution in [0.25, 0.3) is 0 Å². The van der Waals surface area contributed by atoms with E-state index in [4.69, 9.17) is 10.8 Å². The second kappa shape index (κ2) is 4.33. The van der Waals surface area contributed by atoms with E-state index in [2.05, 4.69) is 25.9 Å². The molecule has 0 saturated heterocycles. The zero-order valence-electron chi connectivity index (χ0n) is 9.99. The molecule has 1 rings (SSSR count). The zero-order chi connectivity index (χ0) is 11.6. The SMILES string of the molecule is Cn1nc(C(C)(C)C)cc1C(N)CCO. The Morgan fingerprint density at radius 2 is 2.13 bits per heavy atom. The van der Waals surface area contributed by atoms with Gasteiger partial charge < -0.3 is 10.8 Å². The topological polar surface area (TPSA) is 64.1 Å². The van der Waals surface area contributed by atoms with Crippen LogP contribution in [0.3, 0.4) is 0 Å². The molecule has 4 heteroatoms. The van der Waals surface area contributed by atoms with Crippen molar-refractivity contribution >= 4 is 0 Å². The summed E-state index contributed by atoms with van der Waals surface area (Å²) in [6, 6.07) is 1.89. The van der Waals surface area contributed by atoms with Gasteiger partial charge in [0, 0.05) is 25.1 Å². The third-order valence-corrected chi connectivity index (χ3v) is 2.50. The molecule has 0 fully saturated rings. The lowest BCUT2D eigenvalue weighted by atomic mass is 9.92. The smallest absolute Gasteiger partial charge is 0.0681 e. The summed E-state index contributed by atoms with van der Waals surface area (Å²) < 4.78 is 1.81. The van der Waals surface area contributed by atoms with Gasteiger partial charge in [0.25, 0.3) is 0 Å². The van der Waals surface area contributed by atoms with Crippen molar-refractivity contribution in [2.45, 2.75) is 38.6 Å².